The van der Waals surface area contributed by atoms with Crippen molar-refractivity contribution in [3.05, 3.63) is 0 Å². The first-order valence-electron chi connectivity index (χ1n) is 6.15. The first-order valence-corrected chi connectivity index (χ1v) is 6.15. The van der Waals surface area contributed by atoms with E-state index in [4.69, 9.17) is 15.3 Å². The van der Waals surface area contributed by atoms with Crippen molar-refractivity contribution >= 4 is 31.9 Å². The van der Waals surface area contributed by atoms with Gasteiger partial charge in [0, 0.05) is 0 Å². The van der Waals surface area contributed by atoms with Gasteiger partial charge in [-0.2, -0.15) is 0 Å². The highest BCUT2D eigenvalue weighted by molar-refractivity contribution is 6.06. The highest BCUT2D eigenvalue weighted by Crippen LogP contribution is 2.16. The predicted molar refractivity (Wildman–Crippen MR) is 70.0 cm³/mol. The Bertz CT molecular complexity index is 435. The van der Waals surface area contributed by atoms with Gasteiger partial charge in [-0.15, -0.1) is 0 Å². The number of carboxylic acids is 3. The highest BCUT2D eigenvalue weighted by atomic mass is 16.5. The Balaban J connectivity index is 0.000000461. The van der Waals surface area contributed by atoms with Crippen LogP contribution in [-0.4, -0.2) is 70.5 Å². The number of hydrogen-bond acceptors (Lipinski definition) is 7. The lowest BCUT2D eigenvalue weighted by Crippen LogP contribution is -2.43. The molecule has 1 heterocycles. The van der Waals surface area contributed by atoms with Gasteiger partial charge in [-0.1, -0.05) is 0 Å². The molecule has 0 spiro atoms. The zero-order valence-electron chi connectivity index (χ0n) is 11.5. The van der Waals surface area contributed by atoms with Crippen LogP contribution in [0.4, 0.5) is 0 Å². The third-order valence-electron chi connectivity index (χ3n) is 2.77. The lowest BCUT2D eigenvalue weighted by Gasteiger charge is -2.19. The van der Waals surface area contributed by atoms with Gasteiger partial charge in [0.15, 0.2) is 5.60 Å². The largest absolute Gasteiger partial charge is 0.543 e. The molecule has 1 fully saturated rings. The van der Waals surface area contributed by atoms with Gasteiger partial charge in [-0.25, -0.2) is 4.79 Å². The fourth-order valence-electron chi connectivity index (χ4n) is 1.64. The Morgan fingerprint density at radius 2 is 1.77 bits per heavy atom. The Morgan fingerprint density at radius 3 is 2.05 bits per heavy atom. The van der Waals surface area contributed by atoms with Crippen LogP contribution in [0.2, 0.25) is 0 Å². The molecule has 1 aliphatic rings. The number of carbonyl (C=O) groups is 4. The van der Waals surface area contributed by atoms with Crippen molar-refractivity contribution in [2.24, 2.45) is 0 Å². The third kappa shape index (κ3) is 7.04. The zero-order valence-corrected chi connectivity index (χ0v) is 11.5. The molecule has 0 aromatic carbocycles. The minimum atomic E-state index is -2.69. The van der Waals surface area contributed by atoms with E-state index in [1.807, 2.05) is 0 Å². The molecule has 5 N–H and O–H groups in total. The quantitative estimate of drug-likeness (QED) is 0.349. The van der Waals surface area contributed by atoms with E-state index in [0.717, 1.165) is 19.4 Å². The number of aliphatic hydroxyl groups is 1. The first kappa shape index (κ1) is 19.9. The van der Waals surface area contributed by atoms with Crippen LogP contribution in [-0.2, 0) is 23.8 Å². The van der Waals surface area contributed by atoms with Crippen LogP contribution in [0.1, 0.15) is 25.7 Å². The fraction of sp³-hybridized carbons (Fsp3) is 0.636. The van der Waals surface area contributed by atoms with Crippen molar-refractivity contribution in [1.29, 1.82) is 0 Å². The number of carboxylic acid groups (broad SMARTS) is 3. The van der Waals surface area contributed by atoms with E-state index in [9.17, 15) is 24.3 Å². The molecule has 122 valence electrons. The van der Waals surface area contributed by atoms with E-state index in [2.05, 4.69) is 18.0 Å². The minimum Gasteiger partial charge on any atom is -0.543 e. The van der Waals surface area contributed by atoms with Gasteiger partial charge in [-0.05, 0) is 19.4 Å². The normalized spacial score (nSPS) is 19.2. The summed E-state index contributed by atoms with van der Waals surface area (Å²) in [4.78, 5) is 41.3. The van der Waals surface area contributed by atoms with Gasteiger partial charge in [0.2, 0.25) is 0 Å². The van der Waals surface area contributed by atoms with E-state index >= 15 is 0 Å². The summed E-state index contributed by atoms with van der Waals surface area (Å²) in [5.41, 5.74) is -2.69. The molecule has 2 atom stereocenters. The summed E-state index contributed by atoms with van der Waals surface area (Å²) in [7, 11) is 4.41. The summed E-state index contributed by atoms with van der Waals surface area (Å²) in [6.07, 6.45) is -0.352. The minimum absolute atomic E-state index is 0.269. The fourth-order valence-corrected chi connectivity index (χ4v) is 1.64. The number of rotatable bonds is 6. The van der Waals surface area contributed by atoms with Gasteiger partial charge >= 0.3 is 26.0 Å². The monoisotopic (exact) mass is 317 g/mol. The molecular formula is C11H16BNO9. The molecule has 2 radical (unpaired) electrons. The molecule has 1 aliphatic heterocycles. The van der Waals surface area contributed by atoms with Crippen LogP contribution in [0.3, 0.4) is 0 Å². The topological polar surface area (TPSA) is 170 Å². The van der Waals surface area contributed by atoms with Gasteiger partial charge in [-0.3, -0.25) is 14.4 Å². The van der Waals surface area contributed by atoms with Crippen LogP contribution in [0, 0.1) is 0 Å². The Labute approximate surface area is 126 Å². The molecule has 0 aliphatic carbocycles. The Kier molecular flexibility index (Phi) is 8.13. The maximum atomic E-state index is 10.5. The average Bonchev–Trinajstić information content (AvgIpc) is 2.92. The molecular weight excluding hydrogens is 301 g/mol. The van der Waals surface area contributed by atoms with Gasteiger partial charge < -0.3 is 30.4 Å². The summed E-state index contributed by atoms with van der Waals surface area (Å²) in [6.45, 7) is 0.858. The Morgan fingerprint density at radius 1 is 1.18 bits per heavy atom. The second-order valence-corrected chi connectivity index (χ2v) is 4.56. The van der Waals surface area contributed by atoms with Crippen molar-refractivity contribution in [3.63, 3.8) is 0 Å². The maximum Gasteiger partial charge on any atom is 0.378 e. The third-order valence-corrected chi connectivity index (χ3v) is 2.77. The Hall–Kier alpha value is -2.14. The van der Waals surface area contributed by atoms with Crippen molar-refractivity contribution in [1.82, 2.24) is 5.32 Å². The molecule has 0 aromatic heterocycles. The molecule has 1 rings (SSSR count). The molecule has 1 unspecified atom stereocenters. The lowest BCUT2D eigenvalue weighted by atomic mass is 9.96. The maximum absolute atomic E-state index is 10.5. The van der Waals surface area contributed by atoms with Crippen molar-refractivity contribution in [2.75, 3.05) is 6.54 Å². The van der Waals surface area contributed by atoms with Crippen molar-refractivity contribution in [3.8, 4) is 0 Å². The number of carbonyl (C=O) groups excluding carboxylic acids is 1. The van der Waals surface area contributed by atoms with E-state index in [1.54, 1.807) is 0 Å². The number of hydrogen-bond donors (Lipinski definition) is 5. The van der Waals surface area contributed by atoms with Gasteiger partial charge in [0.1, 0.15) is 6.04 Å². The smallest absolute Gasteiger partial charge is 0.378 e. The number of nitrogens with one attached hydrogen (secondary N) is 1. The van der Waals surface area contributed by atoms with E-state index < -0.39 is 42.3 Å². The molecule has 22 heavy (non-hydrogen) atoms. The molecule has 10 nitrogen and oxygen atoms in total. The molecule has 0 amide bonds. The average molecular weight is 317 g/mol. The summed E-state index contributed by atoms with van der Waals surface area (Å²) in [5, 5.41) is 37.2. The summed E-state index contributed by atoms with van der Waals surface area (Å²) >= 11 is 0. The molecule has 11 heteroatoms. The standard InChI is InChI=1S/C6H7BO7.C5H9NO2/c7-14-4(10)2-6(13,5(11)12)1-3(8)9;7-5(8)4-2-1-3-6-4/h13H,1-2H2,(H,8,9)(H,11,12);4,6H,1-3H2,(H,7,8)/t;4-/m.0/s1. The van der Waals surface area contributed by atoms with Gasteiger partial charge in [0.25, 0.3) is 5.97 Å². The molecule has 0 saturated carbocycles. The first-order chi connectivity index (χ1) is 10.1. The molecule has 1 saturated heterocycles. The summed E-state index contributed by atoms with van der Waals surface area (Å²) < 4.78 is 3.62. The summed E-state index contributed by atoms with van der Waals surface area (Å²) in [6, 6.07) is -0.269. The van der Waals surface area contributed by atoms with Crippen LogP contribution in [0.15, 0.2) is 0 Å². The molecule has 0 aromatic rings. The zero-order chi connectivity index (χ0) is 17.3. The number of aliphatic carboxylic acids is 3. The van der Waals surface area contributed by atoms with E-state index in [0.29, 0.717) is 0 Å². The van der Waals surface area contributed by atoms with E-state index in [1.165, 1.54) is 0 Å². The second-order valence-electron chi connectivity index (χ2n) is 4.56. The predicted octanol–water partition coefficient (Wildman–Crippen LogP) is -1.88. The second kappa shape index (κ2) is 9.00. The highest BCUT2D eigenvalue weighted by Gasteiger charge is 2.41. The lowest BCUT2D eigenvalue weighted by molar-refractivity contribution is -0.169. The van der Waals surface area contributed by atoms with Gasteiger partial charge in [0.05, 0.1) is 12.8 Å². The van der Waals surface area contributed by atoms with Crippen LogP contribution in [0.5, 0.6) is 0 Å². The SMILES string of the molecule is O=C(O)[C@@H]1CCCN1.[B]OC(=O)CC(O)(CC(=O)O)C(=O)O. The van der Waals surface area contributed by atoms with Crippen molar-refractivity contribution in [2.45, 2.75) is 37.3 Å². The van der Waals surface area contributed by atoms with Crippen molar-refractivity contribution < 1.29 is 44.3 Å². The van der Waals surface area contributed by atoms with Crippen LogP contribution < -0.4 is 5.32 Å². The summed E-state index contributed by atoms with van der Waals surface area (Å²) in [5.74, 6) is -5.32. The van der Waals surface area contributed by atoms with E-state index in [-0.39, 0.29) is 6.04 Å². The molecule has 0 bridgehead atoms. The van der Waals surface area contributed by atoms with Crippen LogP contribution in [0.25, 0.3) is 0 Å². The van der Waals surface area contributed by atoms with Crippen LogP contribution >= 0.6 is 0 Å².